The van der Waals surface area contributed by atoms with Gasteiger partial charge in [-0.3, -0.25) is 0 Å². The van der Waals surface area contributed by atoms with Crippen molar-refractivity contribution in [2.24, 2.45) is 0 Å². The Morgan fingerprint density at radius 1 is 1.58 bits per heavy atom. The second-order valence-electron chi connectivity index (χ2n) is 1.93. The molecule has 0 unspecified atom stereocenters. The maximum atomic E-state index is 12.2. The van der Waals surface area contributed by atoms with Crippen LogP contribution in [0.15, 0.2) is 17.9 Å². The summed E-state index contributed by atoms with van der Waals surface area (Å²) in [6, 6.07) is 2.76. The summed E-state index contributed by atoms with van der Waals surface area (Å²) in [5, 5.41) is 0. The second-order valence-corrected chi connectivity index (χ2v) is 2.66. The minimum absolute atomic E-state index is 0.248. The summed E-state index contributed by atoms with van der Waals surface area (Å²) >= 11 is 0. The summed E-state index contributed by atoms with van der Waals surface area (Å²) in [6.45, 7) is -1.85. The van der Waals surface area contributed by atoms with Gasteiger partial charge in [0.15, 0.2) is 6.67 Å². The van der Waals surface area contributed by atoms with E-state index < -0.39 is 12.8 Å². The molecule has 0 N–H and O–H groups in total. The highest BCUT2D eigenvalue weighted by molar-refractivity contribution is 7.24. The average molecular weight is 195 g/mol. The molecule has 0 aliphatic rings. The summed E-state index contributed by atoms with van der Waals surface area (Å²) in [5.74, 6) is 1.39. The van der Waals surface area contributed by atoms with Crippen LogP contribution in [0, 0.1) is 0 Å². The van der Waals surface area contributed by atoms with E-state index in [-0.39, 0.29) is 5.88 Å². The molecule has 2 nitrogen and oxygen atoms in total. The number of aromatic nitrogens is 1. The van der Waals surface area contributed by atoms with E-state index in [1.54, 1.807) is 5.80 Å². The Balaban J connectivity index is 2.64. The van der Waals surface area contributed by atoms with E-state index in [0.717, 1.165) is 0 Å². The smallest absolute Gasteiger partial charge is 0.412 e. The first-order valence-electron chi connectivity index (χ1n) is 3.04. The summed E-state index contributed by atoms with van der Waals surface area (Å²) in [5.41, 5.74) is 0. The summed E-state index contributed by atoms with van der Waals surface area (Å²) < 4.78 is 43.5. The molecule has 66 valence electrons. The number of hydrogen-bond donors (Lipinski definition) is 0. The van der Waals surface area contributed by atoms with E-state index in [4.69, 9.17) is 0 Å². The second kappa shape index (κ2) is 3.72. The van der Waals surface area contributed by atoms with Gasteiger partial charge in [0.2, 0.25) is 5.88 Å². The summed E-state index contributed by atoms with van der Waals surface area (Å²) in [4.78, 5) is 0. The zero-order valence-corrected chi connectivity index (χ0v) is 6.77. The van der Waals surface area contributed by atoms with Crippen LogP contribution in [0.4, 0.5) is 13.2 Å². The first kappa shape index (κ1) is 9.26. The monoisotopic (exact) mass is 195 g/mol. The van der Waals surface area contributed by atoms with Gasteiger partial charge in [-0.15, -0.1) is 0 Å². The van der Waals surface area contributed by atoms with Crippen LogP contribution in [0.5, 0.6) is 5.88 Å². The van der Waals surface area contributed by atoms with Crippen LogP contribution in [0.3, 0.4) is 0 Å². The van der Waals surface area contributed by atoms with Gasteiger partial charge in [0.05, 0.1) is 0 Å². The number of ether oxygens (including phenoxy) is 1. The van der Waals surface area contributed by atoms with Gasteiger partial charge in [-0.25, -0.2) is 4.39 Å². The number of nitrogens with zero attached hydrogens (tertiary/aromatic N) is 1. The van der Waals surface area contributed by atoms with Crippen LogP contribution in [-0.4, -0.2) is 17.5 Å². The predicted molar refractivity (Wildman–Crippen MR) is 38.3 cm³/mol. The predicted octanol–water partition coefficient (Wildman–Crippen LogP) is 2.60. The first-order valence-corrected chi connectivity index (χ1v) is 3.96. The molecule has 0 fully saturated rings. The Labute approximate surface area is 68.5 Å². The third kappa shape index (κ3) is 2.66. The minimum atomic E-state index is -3.77. The molecule has 0 radical (unpaired) electrons. The minimum Gasteiger partial charge on any atom is -0.412 e. The van der Waals surface area contributed by atoms with Crippen LogP contribution >= 0.6 is 8.35 Å². The lowest BCUT2D eigenvalue weighted by molar-refractivity contribution is -0.188. The lowest BCUT2D eigenvalue weighted by Crippen LogP contribution is -2.27. The van der Waals surface area contributed by atoms with E-state index in [1.807, 2.05) is 0 Å². The zero-order chi connectivity index (χ0) is 9.03. The molecule has 0 saturated heterocycles. The topological polar surface area (TPSA) is 22.1 Å². The van der Waals surface area contributed by atoms with Crippen LogP contribution in [0.2, 0.25) is 0 Å². The normalized spacial score (nSPS) is 11.9. The van der Waals surface area contributed by atoms with E-state index in [2.05, 4.69) is 9.48 Å². The van der Waals surface area contributed by atoms with Gasteiger partial charge in [0.1, 0.15) is 0 Å². The Kier molecular flexibility index (Phi) is 2.87. The summed E-state index contributed by atoms with van der Waals surface area (Å²) in [6.07, 6.45) is -3.77. The molecule has 0 aliphatic heterocycles. The SMILES string of the molecule is FCC(F)(F)Oc1cccpn1. The Hall–Kier alpha value is -0.830. The molecule has 0 saturated carbocycles. The summed E-state index contributed by atoms with van der Waals surface area (Å²) in [7, 11) is 0.507. The molecular formula is C6H5F3NOP. The van der Waals surface area contributed by atoms with Gasteiger partial charge in [-0.05, 0) is 5.80 Å². The van der Waals surface area contributed by atoms with Crippen LogP contribution in [-0.2, 0) is 0 Å². The van der Waals surface area contributed by atoms with Gasteiger partial charge in [0.25, 0.3) is 0 Å². The number of alkyl halides is 3. The molecular weight excluding hydrogens is 190 g/mol. The molecule has 12 heavy (non-hydrogen) atoms. The van der Waals surface area contributed by atoms with Gasteiger partial charge in [0, 0.05) is 14.4 Å². The number of rotatable bonds is 3. The fraction of sp³-hybridized carbons (Fsp3) is 0.333. The quantitative estimate of drug-likeness (QED) is 0.739. The van der Waals surface area contributed by atoms with Crippen LogP contribution < -0.4 is 4.74 Å². The average Bonchev–Trinajstić information content (AvgIpc) is 2.06. The fourth-order valence-corrected chi connectivity index (χ4v) is 0.973. The van der Waals surface area contributed by atoms with Crippen LogP contribution in [0.1, 0.15) is 0 Å². The van der Waals surface area contributed by atoms with Crippen molar-refractivity contribution in [3.63, 3.8) is 0 Å². The molecule has 1 aromatic rings. The van der Waals surface area contributed by atoms with E-state index in [9.17, 15) is 13.2 Å². The molecule has 0 atom stereocenters. The highest BCUT2D eigenvalue weighted by Gasteiger charge is 2.31. The molecule has 0 spiro atoms. The molecule has 1 rings (SSSR count). The van der Waals surface area contributed by atoms with Gasteiger partial charge in [-0.1, -0.05) is 6.07 Å². The Morgan fingerprint density at radius 2 is 2.33 bits per heavy atom. The van der Waals surface area contributed by atoms with Gasteiger partial charge in [-0.2, -0.15) is 13.5 Å². The van der Waals surface area contributed by atoms with Crippen molar-refractivity contribution in [2.75, 3.05) is 6.67 Å². The van der Waals surface area contributed by atoms with Crippen molar-refractivity contribution < 1.29 is 17.9 Å². The van der Waals surface area contributed by atoms with Crippen molar-refractivity contribution in [1.29, 1.82) is 0 Å². The number of hydrogen-bond acceptors (Lipinski definition) is 2. The highest BCUT2D eigenvalue weighted by atomic mass is 31.0. The van der Waals surface area contributed by atoms with Crippen molar-refractivity contribution in [2.45, 2.75) is 6.11 Å². The van der Waals surface area contributed by atoms with E-state index in [0.29, 0.717) is 8.35 Å². The maximum absolute atomic E-state index is 12.2. The molecule has 0 aromatic carbocycles. The first-order chi connectivity index (χ1) is 5.64. The standard InChI is InChI=1S/C6H5F3NOP/c7-4-6(8,9)11-5-2-1-3-12-10-5/h1-3H,4H2. The van der Waals surface area contributed by atoms with Crippen molar-refractivity contribution in [1.82, 2.24) is 4.75 Å². The molecule has 0 aliphatic carbocycles. The van der Waals surface area contributed by atoms with Crippen molar-refractivity contribution >= 4 is 8.35 Å². The zero-order valence-electron chi connectivity index (χ0n) is 5.88. The fourth-order valence-electron chi connectivity index (χ4n) is 0.522. The van der Waals surface area contributed by atoms with E-state index in [1.165, 1.54) is 12.1 Å². The van der Waals surface area contributed by atoms with Crippen LogP contribution in [0.25, 0.3) is 0 Å². The maximum Gasteiger partial charge on any atom is 0.428 e. The molecule has 0 bridgehead atoms. The third-order valence-electron chi connectivity index (χ3n) is 0.957. The van der Waals surface area contributed by atoms with Gasteiger partial charge >= 0.3 is 6.11 Å². The van der Waals surface area contributed by atoms with Crippen molar-refractivity contribution in [3.8, 4) is 5.88 Å². The highest BCUT2D eigenvalue weighted by Crippen LogP contribution is 2.20. The lowest BCUT2D eigenvalue weighted by Gasteiger charge is -2.12. The number of halogens is 3. The third-order valence-corrected chi connectivity index (χ3v) is 1.58. The van der Waals surface area contributed by atoms with Crippen molar-refractivity contribution in [3.05, 3.63) is 17.9 Å². The Bertz CT molecular complexity index is 244. The van der Waals surface area contributed by atoms with Gasteiger partial charge < -0.3 is 4.74 Å². The molecule has 0 amide bonds. The molecule has 1 aromatic heterocycles. The molecule has 6 heteroatoms. The Morgan fingerprint density at radius 3 is 2.83 bits per heavy atom. The van der Waals surface area contributed by atoms with E-state index >= 15 is 0 Å². The lowest BCUT2D eigenvalue weighted by atomic mass is 10.6. The largest absolute Gasteiger partial charge is 0.428 e. The molecule has 1 heterocycles.